The van der Waals surface area contributed by atoms with Crippen LogP contribution in [0.5, 0.6) is 5.75 Å². The first kappa shape index (κ1) is 24.9. The Kier molecular flexibility index (Phi) is 7.87. The van der Waals surface area contributed by atoms with E-state index in [-0.39, 0.29) is 0 Å². The van der Waals surface area contributed by atoms with E-state index in [4.69, 9.17) is 4.74 Å². The summed E-state index contributed by atoms with van der Waals surface area (Å²) in [6, 6.07) is 31.4. The van der Waals surface area contributed by atoms with E-state index in [2.05, 4.69) is 53.7 Å². The molecule has 0 amide bonds. The number of nitrogens with zero attached hydrogens (tertiary/aromatic N) is 3. The van der Waals surface area contributed by atoms with Gasteiger partial charge in [0.2, 0.25) is 0 Å². The molecule has 0 atom stereocenters. The van der Waals surface area contributed by atoms with Gasteiger partial charge < -0.3 is 4.74 Å². The summed E-state index contributed by atoms with van der Waals surface area (Å²) >= 11 is 0. The highest BCUT2D eigenvalue weighted by molar-refractivity contribution is 5.59. The summed E-state index contributed by atoms with van der Waals surface area (Å²) < 4.78 is 5.15. The molecule has 0 aliphatic rings. The highest BCUT2D eigenvalue weighted by atomic mass is 16.5. The van der Waals surface area contributed by atoms with E-state index in [0.717, 1.165) is 11.3 Å². The minimum absolute atomic E-state index is 0.389. The van der Waals surface area contributed by atoms with Crippen LogP contribution >= 0.6 is 0 Å². The van der Waals surface area contributed by atoms with Gasteiger partial charge in [-0.3, -0.25) is 0 Å². The fourth-order valence-corrected chi connectivity index (χ4v) is 3.43. The third-order valence-electron chi connectivity index (χ3n) is 5.44. The van der Waals surface area contributed by atoms with Crippen molar-refractivity contribution in [2.24, 2.45) is 0 Å². The van der Waals surface area contributed by atoms with Crippen molar-refractivity contribution in [3.63, 3.8) is 0 Å². The van der Waals surface area contributed by atoms with Gasteiger partial charge in [-0.15, -0.1) is 0 Å². The summed E-state index contributed by atoms with van der Waals surface area (Å²) in [6.45, 7) is 0. The largest absolute Gasteiger partial charge is 0.497 e. The van der Waals surface area contributed by atoms with Gasteiger partial charge in [-0.05, 0) is 72.8 Å². The second kappa shape index (κ2) is 12.0. The summed E-state index contributed by atoms with van der Waals surface area (Å²) in [5.74, 6) is 18.9. The van der Waals surface area contributed by atoms with Gasteiger partial charge in [-0.25, -0.2) is 0 Å². The molecule has 4 nitrogen and oxygen atoms in total. The van der Waals surface area contributed by atoms with Crippen molar-refractivity contribution >= 4 is 0 Å². The van der Waals surface area contributed by atoms with Crippen LogP contribution < -0.4 is 4.74 Å². The van der Waals surface area contributed by atoms with Gasteiger partial charge in [-0.2, -0.15) is 15.8 Å². The molecule has 0 N–H and O–H groups in total. The lowest BCUT2D eigenvalue weighted by Crippen LogP contribution is -1.88. The third kappa shape index (κ3) is 6.09. The van der Waals surface area contributed by atoms with E-state index in [9.17, 15) is 15.8 Å². The zero-order chi connectivity index (χ0) is 26.7. The van der Waals surface area contributed by atoms with Crippen LogP contribution in [0.25, 0.3) is 0 Å². The summed E-state index contributed by atoms with van der Waals surface area (Å²) in [5, 5.41) is 28.5. The maximum Gasteiger partial charge on any atom is 0.118 e. The van der Waals surface area contributed by atoms with Crippen LogP contribution in [0, 0.1) is 69.5 Å². The number of nitriles is 3. The van der Waals surface area contributed by atoms with Crippen LogP contribution in [-0.2, 0) is 0 Å². The van der Waals surface area contributed by atoms with Crippen molar-refractivity contribution < 1.29 is 4.74 Å². The number of benzene rings is 4. The second-order valence-corrected chi connectivity index (χ2v) is 7.88. The minimum atomic E-state index is 0.389. The molecule has 0 unspecified atom stereocenters. The van der Waals surface area contributed by atoms with E-state index in [1.54, 1.807) is 61.7 Å². The summed E-state index contributed by atoms with van der Waals surface area (Å²) in [6.07, 6.45) is 0. The van der Waals surface area contributed by atoms with Gasteiger partial charge >= 0.3 is 0 Å². The maximum atomic E-state index is 9.63. The zero-order valence-corrected chi connectivity index (χ0v) is 20.3. The van der Waals surface area contributed by atoms with Crippen LogP contribution in [0.3, 0.4) is 0 Å². The molecule has 0 fully saturated rings. The molecule has 0 saturated carbocycles. The Balaban J connectivity index is 1.57. The van der Waals surface area contributed by atoms with Crippen LogP contribution in [0.4, 0.5) is 0 Å². The first-order valence-electron chi connectivity index (χ1n) is 11.4. The van der Waals surface area contributed by atoms with Crippen molar-refractivity contribution in [2.75, 3.05) is 7.11 Å². The predicted octanol–water partition coefficient (Wildman–Crippen LogP) is 5.51. The van der Waals surface area contributed by atoms with Gasteiger partial charge in [-0.1, -0.05) is 47.7 Å². The topological polar surface area (TPSA) is 80.6 Å². The van der Waals surface area contributed by atoms with E-state index < -0.39 is 0 Å². The molecule has 174 valence electrons. The molecule has 4 heteroatoms. The molecule has 0 heterocycles. The number of ether oxygens (including phenoxy) is 1. The quantitative estimate of drug-likeness (QED) is 0.335. The molecule has 4 aromatic carbocycles. The molecule has 0 spiro atoms. The Bertz CT molecular complexity index is 1840. The molecule has 0 radical (unpaired) electrons. The molecule has 0 aliphatic heterocycles. The number of hydrogen-bond acceptors (Lipinski definition) is 4. The third-order valence-corrected chi connectivity index (χ3v) is 5.44. The van der Waals surface area contributed by atoms with Crippen molar-refractivity contribution in [1.82, 2.24) is 0 Å². The van der Waals surface area contributed by atoms with Crippen LogP contribution in [0.15, 0.2) is 84.9 Å². The standard InChI is InChI=1S/C34H17N3O/c1-38-34-18-11-25(12-19-34)6-13-29-15-8-27(21-32(29)23-36)10-17-30-16-9-26(20-33(30)24-37)7-14-28-4-2-3-5-31(28)22-35/h2-5,8-9,11-12,15-16,18-21H,1H3. The Labute approximate surface area is 222 Å². The lowest BCUT2D eigenvalue weighted by molar-refractivity contribution is 0.415. The lowest BCUT2D eigenvalue weighted by Gasteiger charge is -1.99. The van der Waals surface area contributed by atoms with E-state index >= 15 is 0 Å². The van der Waals surface area contributed by atoms with Gasteiger partial charge in [0.15, 0.2) is 0 Å². The maximum absolute atomic E-state index is 9.63. The van der Waals surface area contributed by atoms with Gasteiger partial charge in [0, 0.05) is 33.4 Å². The minimum Gasteiger partial charge on any atom is -0.497 e. The second-order valence-electron chi connectivity index (χ2n) is 7.88. The van der Waals surface area contributed by atoms with E-state index in [0.29, 0.717) is 44.5 Å². The smallest absolute Gasteiger partial charge is 0.118 e. The van der Waals surface area contributed by atoms with E-state index in [1.165, 1.54) is 0 Å². The predicted molar refractivity (Wildman–Crippen MR) is 144 cm³/mol. The molecule has 0 aliphatic carbocycles. The molecule has 0 aromatic heterocycles. The fourth-order valence-electron chi connectivity index (χ4n) is 3.43. The van der Waals surface area contributed by atoms with Crippen LogP contribution in [0.1, 0.15) is 50.1 Å². The number of hydrogen-bond donors (Lipinski definition) is 0. The lowest BCUT2D eigenvalue weighted by atomic mass is 10.0. The number of rotatable bonds is 1. The zero-order valence-electron chi connectivity index (χ0n) is 20.3. The van der Waals surface area contributed by atoms with Crippen molar-refractivity contribution in [1.29, 1.82) is 15.8 Å². The molecule has 38 heavy (non-hydrogen) atoms. The fraction of sp³-hybridized carbons (Fsp3) is 0.0294. The molecule has 4 aromatic rings. The Hall–Kier alpha value is -6.17. The van der Waals surface area contributed by atoms with Crippen LogP contribution in [-0.4, -0.2) is 7.11 Å². The van der Waals surface area contributed by atoms with Crippen molar-refractivity contribution in [3.05, 3.63) is 135 Å². The van der Waals surface area contributed by atoms with Gasteiger partial charge in [0.25, 0.3) is 0 Å². The molecular weight excluding hydrogens is 466 g/mol. The first-order chi connectivity index (χ1) is 18.6. The van der Waals surface area contributed by atoms with Crippen molar-refractivity contribution in [3.8, 4) is 59.5 Å². The summed E-state index contributed by atoms with van der Waals surface area (Å²) in [7, 11) is 1.61. The summed E-state index contributed by atoms with van der Waals surface area (Å²) in [4.78, 5) is 0. The molecule has 4 rings (SSSR count). The highest BCUT2D eigenvalue weighted by Gasteiger charge is 2.03. The van der Waals surface area contributed by atoms with E-state index in [1.807, 2.05) is 30.3 Å². The molecule has 0 bridgehead atoms. The number of methoxy groups -OCH3 is 1. The van der Waals surface area contributed by atoms with Gasteiger partial charge in [0.1, 0.15) is 24.0 Å². The summed E-state index contributed by atoms with van der Waals surface area (Å²) in [5.41, 5.74) is 5.18. The van der Waals surface area contributed by atoms with Crippen molar-refractivity contribution in [2.45, 2.75) is 0 Å². The average molecular weight is 484 g/mol. The Morgan fingerprint density at radius 3 is 1.34 bits per heavy atom. The monoisotopic (exact) mass is 483 g/mol. The SMILES string of the molecule is COc1ccc(C#Cc2ccc(C#Cc3ccc(C#Cc4ccccc4C#N)cc3C#N)cc2C#N)cc1. The first-order valence-corrected chi connectivity index (χ1v) is 11.4. The molecular formula is C34H17N3O. The molecule has 0 saturated heterocycles. The average Bonchev–Trinajstić information content (AvgIpc) is 2.98. The van der Waals surface area contributed by atoms with Gasteiger partial charge in [0.05, 0.1) is 23.8 Å². The normalized spacial score (nSPS) is 9.00. The van der Waals surface area contributed by atoms with Crippen LogP contribution in [0.2, 0.25) is 0 Å². The Morgan fingerprint density at radius 1 is 0.447 bits per heavy atom. The highest BCUT2D eigenvalue weighted by Crippen LogP contribution is 2.14. The Morgan fingerprint density at radius 2 is 0.868 bits per heavy atom.